The van der Waals surface area contributed by atoms with Crippen LogP contribution in [0, 0.1) is 5.82 Å². The van der Waals surface area contributed by atoms with Crippen LogP contribution in [-0.4, -0.2) is 62.5 Å². The van der Waals surface area contributed by atoms with Crippen molar-refractivity contribution in [3.8, 4) is 11.4 Å². The molecule has 1 fully saturated rings. The van der Waals surface area contributed by atoms with E-state index in [2.05, 4.69) is 27.3 Å². The van der Waals surface area contributed by atoms with E-state index in [-0.39, 0.29) is 17.5 Å². The van der Waals surface area contributed by atoms with Crippen LogP contribution < -0.4 is 4.90 Å². The van der Waals surface area contributed by atoms with Gasteiger partial charge in [-0.25, -0.2) is 4.39 Å². The molecule has 0 saturated carbocycles. The average Bonchev–Trinajstić information content (AvgIpc) is 3.31. The van der Waals surface area contributed by atoms with Crippen LogP contribution in [0.15, 0.2) is 84.3 Å². The van der Waals surface area contributed by atoms with Crippen molar-refractivity contribution >= 4 is 23.4 Å². The Morgan fingerprint density at radius 2 is 1.69 bits per heavy atom. The van der Waals surface area contributed by atoms with Crippen LogP contribution in [-0.2, 0) is 11.3 Å². The van der Waals surface area contributed by atoms with E-state index in [0.29, 0.717) is 43.6 Å². The molecule has 1 amide bonds. The molecular weight excluding hydrogens is 463 g/mol. The fourth-order valence-corrected chi connectivity index (χ4v) is 4.98. The number of hydrogen-bond donors (Lipinski definition) is 0. The van der Waals surface area contributed by atoms with Crippen LogP contribution in [0.3, 0.4) is 0 Å². The number of halogens is 1. The number of nitrogens with zero attached hydrogens (tertiary/aromatic N) is 6. The van der Waals surface area contributed by atoms with E-state index in [0.717, 1.165) is 17.0 Å². The van der Waals surface area contributed by atoms with Gasteiger partial charge in [0.15, 0.2) is 11.0 Å². The molecule has 1 aliphatic rings. The van der Waals surface area contributed by atoms with E-state index in [1.54, 1.807) is 24.5 Å². The highest BCUT2D eigenvalue weighted by molar-refractivity contribution is 7.99. The minimum Gasteiger partial charge on any atom is -0.366 e. The van der Waals surface area contributed by atoms with E-state index in [4.69, 9.17) is 0 Å². The summed E-state index contributed by atoms with van der Waals surface area (Å²) in [5.41, 5.74) is 2.58. The molecule has 4 aromatic rings. The van der Waals surface area contributed by atoms with Crippen molar-refractivity contribution in [2.45, 2.75) is 11.7 Å². The molecule has 2 aromatic carbocycles. The zero-order valence-corrected chi connectivity index (χ0v) is 19.9. The zero-order chi connectivity index (χ0) is 24.0. The van der Waals surface area contributed by atoms with Crippen LogP contribution in [0.25, 0.3) is 11.4 Å². The lowest BCUT2D eigenvalue weighted by molar-refractivity contribution is -0.128. The molecule has 0 aliphatic carbocycles. The van der Waals surface area contributed by atoms with Gasteiger partial charge in [-0.05, 0) is 29.8 Å². The summed E-state index contributed by atoms with van der Waals surface area (Å²) in [5.74, 6) is 0.792. The number of rotatable bonds is 7. The quantitative estimate of drug-likeness (QED) is 0.367. The van der Waals surface area contributed by atoms with Gasteiger partial charge in [0.25, 0.3) is 0 Å². The van der Waals surface area contributed by atoms with Crippen molar-refractivity contribution in [1.82, 2.24) is 24.6 Å². The molecule has 9 heteroatoms. The van der Waals surface area contributed by atoms with Crippen LogP contribution in [0.4, 0.5) is 10.1 Å². The summed E-state index contributed by atoms with van der Waals surface area (Å²) >= 11 is 1.39. The summed E-state index contributed by atoms with van der Waals surface area (Å²) in [6, 6.07) is 20.7. The second-order valence-corrected chi connectivity index (χ2v) is 9.17. The van der Waals surface area contributed by atoms with Crippen LogP contribution in [0.5, 0.6) is 0 Å². The largest absolute Gasteiger partial charge is 0.366 e. The third kappa shape index (κ3) is 5.35. The summed E-state index contributed by atoms with van der Waals surface area (Å²) in [4.78, 5) is 21.0. The number of aromatic nitrogens is 4. The van der Waals surface area contributed by atoms with Crippen molar-refractivity contribution in [2.75, 3.05) is 36.8 Å². The maximum absolute atomic E-state index is 14.1. The van der Waals surface area contributed by atoms with E-state index >= 15 is 0 Å². The number of amides is 1. The Labute approximate surface area is 207 Å². The molecule has 0 atom stereocenters. The number of anilines is 1. The Balaban J connectivity index is 1.26. The van der Waals surface area contributed by atoms with Gasteiger partial charge in [-0.15, -0.1) is 10.2 Å². The van der Waals surface area contributed by atoms with Gasteiger partial charge in [0, 0.05) is 44.1 Å². The minimum absolute atomic E-state index is 0.0420. The predicted octanol–water partition coefficient (Wildman–Crippen LogP) is 3.97. The molecule has 1 aliphatic heterocycles. The van der Waals surface area contributed by atoms with Gasteiger partial charge in [0.05, 0.1) is 18.0 Å². The van der Waals surface area contributed by atoms with Crippen molar-refractivity contribution in [3.63, 3.8) is 0 Å². The first-order chi connectivity index (χ1) is 17.2. The Morgan fingerprint density at radius 1 is 0.914 bits per heavy atom. The fourth-order valence-electron chi connectivity index (χ4n) is 4.14. The molecule has 2 aromatic heterocycles. The maximum Gasteiger partial charge on any atom is 0.233 e. The topological polar surface area (TPSA) is 67.2 Å². The predicted molar refractivity (Wildman–Crippen MR) is 135 cm³/mol. The molecule has 0 bridgehead atoms. The highest BCUT2D eigenvalue weighted by Gasteiger charge is 2.24. The normalized spacial score (nSPS) is 13.7. The zero-order valence-electron chi connectivity index (χ0n) is 19.1. The minimum atomic E-state index is -0.231. The summed E-state index contributed by atoms with van der Waals surface area (Å²) < 4.78 is 16.1. The monoisotopic (exact) mass is 488 g/mol. The lowest BCUT2D eigenvalue weighted by Crippen LogP contribution is -2.49. The Hall–Kier alpha value is -3.72. The highest BCUT2D eigenvalue weighted by atomic mass is 32.2. The van der Waals surface area contributed by atoms with Gasteiger partial charge < -0.3 is 9.80 Å². The third-order valence-electron chi connectivity index (χ3n) is 5.97. The van der Waals surface area contributed by atoms with Crippen LogP contribution >= 0.6 is 11.8 Å². The number of carbonyl (C=O) groups is 1. The lowest BCUT2D eigenvalue weighted by atomic mass is 10.2. The molecule has 0 N–H and O–H groups in total. The number of piperazine rings is 1. The smallest absolute Gasteiger partial charge is 0.233 e. The maximum atomic E-state index is 14.1. The molecule has 1 saturated heterocycles. The number of pyridine rings is 1. The van der Waals surface area contributed by atoms with Gasteiger partial charge in [0.2, 0.25) is 5.91 Å². The molecule has 0 spiro atoms. The third-order valence-corrected chi connectivity index (χ3v) is 6.92. The van der Waals surface area contributed by atoms with Gasteiger partial charge in [-0.3, -0.25) is 14.3 Å². The molecule has 35 heavy (non-hydrogen) atoms. The number of hydrogen-bond acceptors (Lipinski definition) is 6. The summed E-state index contributed by atoms with van der Waals surface area (Å²) in [6.07, 6.45) is 3.49. The number of benzene rings is 2. The van der Waals surface area contributed by atoms with E-state index in [9.17, 15) is 9.18 Å². The summed E-state index contributed by atoms with van der Waals surface area (Å²) in [7, 11) is 0. The second kappa shape index (κ2) is 10.7. The van der Waals surface area contributed by atoms with Crippen molar-refractivity contribution in [2.24, 2.45) is 0 Å². The Kier molecular flexibility index (Phi) is 7.04. The Bertz CT molecular complexity index is 1280. The molecule has 178 valence electrons. The second-order valence-electron chi connectivity index (χ2n) is 8.23. The standard InChI is InChI=1S/C26H25FN6OS/c27-22-10-4-5-11-23(22)31-13-15-32(16-14-31)24(34)19-35-26-30-29-25(21-9-6-12-28-17-21)33(26)18-20-7-2-1-3-8-20/h1-12,17H,13-16,18-19H2. The molecule has 5 rings (SSSR count). The van der Waals surface area contributed by atoms with Crippen molar-refractivity contribution < 1.29 is 9.18 Å². The first-order valence-electron chi connectivity index (χ1n) is 11.5. The van der Waals surface area contributed by atoms with E-state index in [1.165, 1.54) is 17.8 Å². The molecular formula is C26H25FN6OS. The first-order valence-corrected chi connectivity index (χ1v) is 12.4. The van der Waals surface area contributed by atoms with E-state index < -0.39 is 0 Å². The van der Waals surface area contributed by atoms with Gasteiger partial charge in [-0.2, -0.15) is 0 Å². The van der Waals surface area contributed by atoms with Gasteiger partial charge in [-0.1, -0.05) is 54.2 Å². The van der Waals surface area contributed by atoms with E-state index in [1.807, 2.05) is 50.8 Å². The van der Waals surface area contributed by atoms with Gasteiger partial charge >= 0.3 is 0 Å². The molecule has 3 heterocycles. The van der Waals surface area contributed by atoms with Gasteiger partial charge in [0.1, 0.15) is 5.82 Å². The summed E-state index contributed by atoms with van der Waals surface area (Å²) in [6.45, 7) is 2.92. The molecule has 7 nitrogen and oxygen atoms in total. The average molecular weight is 489 g/mol. The first kappa shape index (κ1) is 23.0. The number of carbonyl (C=O) groups excluding carboxylic acids is 1. The van der Waals surface area contributed by atoms with Crippen molar-refractivity contribution in [3.05, 3.63) is 90.5 Å². The highest BCUT2D eigenvalue weighted by Crippen LogP contribution is 2.26. The fraction of sp³-hybridized carbons (Fsp3) is 0.231. The van der Waals surface area contributed by atoms with Crippen LogP contribution in [0.2, 0.25) is 0 Å². The summed E-state index contributed by atoms with van der Waals surface area (Å²) in [5, 5.41) is 9.49. The number of para-hydroxylation sites is 1. The lowest BCUT2D eigenvalue weighted by Gasteiger charge is -2.36. The SMILES string of the molecule is O=C(CSc1nnc(-c2cccnc2)n1Cc1ccccc1)N1CCN(c2ccccc2F)CC1. The van der Waals surface area contributed by atoms with Crippen LogP contribution in [0.1, 0.15) is 5.56 Å². The molecule has 0 radical (unpaired) electrons. The number of thioether (sulfide) groups is 1. The Morgan fingerprint density at radius 3 is 2.43 bits per heavy atom. The molecule has 0 unspecified atom stereocenters. The van der Waals surface area contributed by atoms with Crippen molar-refractivity contribution in [1.29, 1.82) is 0 Å².